The van der Waals surface area contributed by atoms with Crippen LogP contribution in [0.1, 0.15) is 30.4 Å². The van der Waals surface area contributed by atoms with Crippen molar-refractivity contribution >= 4 is 33.0 Å². The number of carbonyl (C=O) groups excluding carboxylic acids is 2. The Kier molecular flexibility index (Phi) is 6.80. The van der Waals surface area contributed by atoms with E-state index in [9.17, 15) is 18.0 Å². The first-order chi connectivity index (χ1) is 14.7. The van der Waals surface area contributed by atoms with Crippen LogP contribution >= 0.6 is 0 Å². The summed E-state index contributed by atoms with van der Waals surface area (Å²) in [5.74, 6) is -1.45. The van der Waals surface area contributed by atoms with Crippen molar-refractivity contribution in [2.45, 2.75) is 19.3 Å². The van der Waals surface area contributed by atoms with Gasteiger partial charge in [0.05, 0.1) is 20.0 Å². The number of anilines is 1. The van der Waals surface area contributed by atoms with E-state index in [1.54, 1.807) is 50.4 Å². The topological polar surface area (TPSA) is 98.8 Å². The quantitative estimate of drug-likeness (QED) is 0.520. The van der Waals surface area contributed by atoms with Crippen molar-refractivity contribution in [3.8, 4) is 5.75 Å². The average Bonchev–Trinajstić information content (AvgIpc) is 2.72. The van der Waals surface area contributed by atoms with Crippen LogP contribution in [0, 0.1) is 5.92 Å². The van der Waals surface area contributed by atoms with Gasteiger partial charge in [0, 0.05) is 11.6 Å². The van der Waals surface area contributed by atoms with Gasteiger partial charge in [0.2, 0.25) is 10.0 Å². The number of hydrogen-bond acceptors (Lipinski definition) is 6. The highest BCUT2D eigenvalue weighted by Crippen LogP contribution is 2.40. The van der Waals surface area contributed by atoms with Gasteiger partial charge < -0.3 is 9.47 Å². The van der Waals surface area contributed by atoms with Gasteiger partial charge in [-0.2, -0.15) is 0 Å². The average molecular weight is 444 g/mol. The molecule has 0 amide bonds. The summed E-state index contributed by atoms with van der Waals surface area (Å²) in [6.45, 7) is 1.91. The molecule has 2 aromatic carbocycles. The van der Waals surface area contributed by atoms with Gasteiger partial charge in [-0.3, -0.25) is 14.3 Å². The first-order valence-corrected chi connectivity index (χ1v) is 11.7. The summed E-state index contributed by atoms with van der Waals surface area (Å²) < 4.78 is 35.6. The molecule has 0 aliphatic heterocycles. The molecular weight excluding hydrogens is 418 g/mol. The van der Waals surface area contributed by atoms with Crippen LogP contribution < -0.4 is 9.46 Å². The number of allylic oxidation sites excluding steroid dienone is 2. The first kappa shape index (κ1) is 22.6. The molecular formula is C23H25NO6S. The largest absolute Gasteiger partial charge is 0.497 e. The lowest BCUT2D eigenvalue weighted by molar-refractivity contribution is -0.151. The standard InChI is InChI=1S/C23H25NO6S/c1-4-30-23(26)22-20(16-7-11-19(29-2)12-8-16)13-17(14-21(22)25)15-5-9-18(10-6-15)24-31(3,27)28/h5-12,14,20,22,24H,4,13H2,1-3H3/t20-,22-/m0/s1. The van der Waals surface area contributed by atoms with E-state index in [-0.39, 0.29) is 18.3 Å². The van der Waals surface area contributed by atoms with Crippen LogP contribution in [0.15, 0.2) is 54.6 Å². The van der Waals surface area contributed by atoms with E-state index >= 15 is 0 Å². The Labute approximate surface area is 182 Å². The number of ether oxygens (including phenoxy) is 2. The Morgan fingerprint density at radius 2 is 1.74 bits per heavy atom. The molecule has 8 heteroatoms. The minimum Gasteiger partial charge on any atom is -0.497 e. The minimum atomic E-state index is -3.38. The number of rotatable bonds is 7. The second kappa shape index (κ2) is 9.34. The van der Waals surface area contributed by atoms with Gasteiger partial charge in [-0.05, 0) is 60.4 Å². The summed E-state index contributed by atoms with van der Waals surface area (Å²) >= 11 is 0. The number of benzene rings is 2. The van der Waals surface area contributed by atoms with E-state index in [2.05, 4.69) is 4.72 Å². The summed E-state index contributed by atoms with van der Waals surface area (Å²) in [6.07, 6.45) is 3.03. The molecule has 0 saturated carbocycles. The zero-order valence-corrected chi connectivity index (χ0v) is 18.4. The highest BCUT2D eigenvalue weighted by atomic mass is 32.2. The van der Waals surface area contributed by atoms with Crippen LogP contribution in [-0.2, 0) is 24.3 Å². The molecule has 0 radical (unpaired) electrons. The molecule has 0 heterocycles. The molecule has 0 spiro atoms. The number of sulfonamides is 1. The number of ketones is 1. The highest BCUT2D eigenvalue weighted by Gasteiger charge is 2.39. The molecule has 0 unspecified atom stereocenters. The molecule has 0 fully saturated rings. The molecule has 1 aliphatic carbocycles. The van der Waals surface area contributed by atoms with Crippen LogP contribution in [0.25, 0.3) is 5.57 Å². The third-order valence-corrected chi connectivity index (χ3v) is 5.72. The molecule has 0 bridgehead atoms. The fraction of sp³-hybridized carbons (Fsp3) is 0.304. The van der Waals surface area contributed by atoms with Crippen LogP contribution in [0.3, 0.4) is 0 Å². The Balaban J connectivity index is 1.95. The van der Waals surface area contributed by atoms with Crippen LogP contribution in [0.4, 0.5) is 5.69 Å². The van der Waals surface area contributed by atoms with Crippen LogP contribution in [0.5, 0.6) is 5.75 Å². The van der Waals surface area contributed by atoms with E-state index in [0.717, 1.165) is 23.0 Å². The molecule has 164 valence electrons. The molecule has 0 saturated heterocycles. The molecule has 2 atom stereocenters. The van der Waals surface area contributed by atoms with Crippen molar-refractivity contribution in [3.05, 3.63) is 65.7 Å². The summed E-state index contributed by atoms with van der Waals surface area (Å²) in [4.78, 5) is 25.5. The van der Waals surface area contributed by atoms with E-state index < -0.39 is 21.9 Å². The lowest BCUT2D eigenvalue weighted by Crippen LogP contribution is -2.34. The lowest BCUT2D eigenvalue weighted by Gasteiger charge is -2.29. The first-order valence-electron chi connectivity index (χ1n) is 9.85. The van der Waals surface area contributed by atoms with Gasteiger partial charge in [-0.25, -0.2) is 8.42 Å². The molecule has 3 rings (SSSR count). The summed E-state index contributed by atoms with van der Waals surface area (Å²) in [5, 5.41) is 0. The highest BCUT2D eigenvalue weighted by molar-refractivity contribution is 7.92. The van der Waals surface area contributed by atoms with Crippen molar-refractivity contribution in [3.63, 3.8) is 0 Å². The minimum absolute atomic E-state index is 0.198. The number of esters is 1. The number of methoxy groups -OCH3 is 1. The van der Waals surface area contributed by atoms with Crippen molar-refractivity contribution in [1.82, 2.24) is 0 Å². The van der Waals surface area contributed by atoms with Gasteiger partial charge in [0.25, 0.3) is 0 Å². The summed E-state index contributed by atoms with van der Waals surface area (Å²) in [6, 6.07) is 14.1. The predicted octanol–water partition coefficient (Wildman–Crippen LogP) is 3.39. The van der Waals surface area contributed by atoms with E-state index in [0.29, 0.717) is 17.9 Å². The smallest absolute Gasteiger partial charge is 0.317 e. The SMILES string of the molecule is CCOC(=O)[C@@H]1C(=O)C=C(c2ccc(NS(C)(=O)=O)cc2)C[C@H]1c1ccc(OC)cc1. The van der Waals surface area contributed by atoms with Crippen molar-refractivity contribution < 1.29 is 27.5 Å². The zero-order valence-electron chi connectivity index (χ0n) is 17.6. The van der Waals surface area contributed by atoms with E-state index in [1.807, 2.05) is 12.1 Å². The molecule has 31 heavy (non-hydrogen) atoms. The Hall–Kier alpha value is -3.13. The van der Waals surface area contributed by atoms with E-state index in [4.69, 9.17) is 9.47 Å². The molecule has 1 aliphatic rings. The van der Waals surface area contributed by atoms with Crippen LogP contribution in [-0.4, -0.2) is 40.1 Å². The van der Waals surface area contributed by atoms with Crippen molar-refractivity contribution in [2.75, 3.05) is 24.7 Å². The number of hydrogen-bond donors (Lipinski definition) is 1. The van der Waals surface area contributed by atoms with Gasteiger partial charge >= 0.3 is 5.97 Å². The normalized spacial score (nSPS) is 18.8. The van der Waals surface area contributed by atoms with Crippen molar-refractivity contribution in [2.24, 2.45) is 5.92 Å². The van der Waals surface area contributed by atoms with E-state index in [1.165, 1.54) is 6.08 Å². The Morgan fingerprint density at radius 1 is 1.10 bits per heavy atom. The second-order valence-electron chi connectivity index (χ2n) is 7.34. The maximum atomic E-state index is 13.0. The fourth-order valence-corrected chi connectivity index (χ4v) is 4.28. The fourth-order valence-electron chi connectivity index (χ4n) is 3.71. The van der Waals surface area contributed by atoms with Crippen LogP contribution in [0.2, 0.25) is 0 Å². The summed E-state index contributed by atoms with van der Waals surface area (Å²) in [7, 11) is -1.80. The number of nitrogens with one attached hydrogen (secondary N) is 1. The zero-order chi connectivity index (χ0) is 22.6. The third kappa shape index (κ3) is 5.52. The van der Waals surface area contributed by atoms with Crippen molar-refractivity contribution in [1.29, 1.82) is 0 Å². The molecule has 7 nitrogen and oxygen atoms in total. The predicted molar refractivity (Wildman–Crippen MR) is 118 cm³/mol. The second-order valence-corrected chi connectivity index (χ2v) is 9.09. The monoisotopic (exact) mass is 443 g/mol. The van der Waals surface area contributed by atoms with Gasteiger partial charge in [0.1, 0.15) is 11.7 Å². The molecule has 0 aromatic heterocycles. The Morgan fingerprint density at radius 3 is 2.29 bits per heavy atom. The third-order valence-electron chi connectivity index (χ3n) is 5.11. The van der Waals surface area contributed by atoms with Gasteiger partial charge in [0.15, 0.2) is 5.78 Å². The molecule has 1 N–H and O–H groups in total. The number of carbonyl (C=O) groups is 2. The van der Waals surface area contributed by atoms with Gasteiger partial charge in [-0.15, -0.1) is 0 Å². The summed E-state index contributed by atoms with van der Waals surface area (Å²) in [5.41, 5.74) is 2.84. The maximum absolute atomic E-state index is 13.0. The maximum Gasteiger partial charge on any atom is 0.317 e. The molecule has 2 aromatic rings. The Bertz CT molecular complexity index is 1090. The lowest BCUT2D eigenvalue weighted by atomic mass is 9.73. The van der Waals surface area contributed by atoms with Gasteiger partial charge in [-0.1, -0.05) is 24.3 Å².